The van der Waals surface area contributed by atoms with Gasteiger partial charge in [-0.1, -0.05) is 35.9 Å². The first-order valence-electron chi connectivity index (χ1n) is 12.9. The number of halogens is 1. The number of carbonyl (C=O) groups excluding carboxylic acids is 4. The molecule has 3 aromatic rings. The number of hydrogen-bond donors (Lipinski definition) is 4. The molecule has 0 amide bonds. The fourth-order valence-electron chi connectivity index (χ4n) is 6.11. The Morgan fingerprint density at radius 1 is 0.638 bits per heavy atom. The summed E-state index contributed by atoms with van der Waals surface area (Å²) in [5.74, 6) is -3.73. The molecule has 3 aliphatic carbocycles. The summed E-state index contributed by atoms with van der Waals surface area (Å²) in [7, 11) is -17.9. The van der Waals surface area contributed by atoms with Gasteiger partial charge in [-0.3, -0.25) is 32.8 Å². The number of anilines is 1. The Labute approximate surface area is 268 Å². The molecule has 0 radical (unpaired) electrons. The van der Waals surface area contributed by atoms with E-state index in [0.717, 1.165) is 6.07 Å². The molecule has 4 aliphatic rings. The molecule has 0 bridgehead atoms. The van der Waals surface area contributed by atoms with Crippen LogP contribution in [0.1, 0.15) is 52.6 Å². The monoisotopic (exact) mass is 716 g/mol. The second kappa shape index (κ2) is 9.67. The third-order valence-corrected chi connectivity index (χ3v) is 11.4. The maximum Gasteiger partial charge on any atom is 0.297 e. The van der Waals surface area contributed by atoms with Crippen molar-refractivity contribution in [3.8, 4) is 0 Å². The molecule has 4 N–H and O–H groups in total. The molecular formula is C28H13ClN2O13S3. The van der Waals surface area contributed by atoms with Crippen molar-refractivity contribution < 1.29 is 58.1 Å². The summed E-state index contributed by atoms with van der Waals surface area (Å²) in [6.45, 7) is 0. The van der Waals surface area contributed by atoms with Gasteiger partial charge in [-0.25, -0.2) is 4.99 Å². The van der Waals surface area contributed by atoms with Gasteiger partial charge in [0.1, 0.15) is 14.7 Å². The van der Waals surface area contributed by atoms with E-state index in [1.165, 1.54) is 30.4 Å². The minimum atomic E-state index is -6.02. The minimum absolute atomic E-state index is 0.00702. The molecule has 1 unspecified atom stereocenters. The van der Waals surface area contributed by atoms with Crippen molar-refractivity contribution in [3.63, 3.8) is 0 Å². The fraction of sp³-hybridized carbons (Fsp3) is 0.0357. The number of allylic oxidation sites excluding steroid dienone is 2. The molecule has 1 aliphatic heterocycles. The molecule has 19 heteroatoms. The van der Waals surface area contributed by atoms with Gasteiger partial charge in [0.25, 0.3) is 30.4 Å². The topological polar surface area (TPSA) is 256 Å². The standard InChI is InChI=1S/C28H13ClN2O13S3/c29-19-17-18(26(45(36,37)38)28(47(42,43)44)27(19)46(39,40)41)25(35)16-12(24(17)34)6-8-14-21(16)31-13-7-5-11-15(20(13)30-14)23(33)10-4-2-1-3-9(10)22(11)32/h1-8,20,30H,(H,36,37,38)(H,39,40,41)(H,42,43,44). The van der Waals surface area contributed by atoms with Crippen LogP contribution in [0.25, 0.3) is 0 Å². The van der Waals surface area contributed by atoms with E-state index in [2.05, 4.69) is 10.3 Å². The van der Waals surface area contributed by atoms with Crippen molar-refractivity contribution in [2.24, 2.45) is 4.99 Å². The summed E-state index contributed by atoms with van der Waals surface area (Å²) >= 11 is 6.05. The summed E-state index contributed by atoms with van der Waals surface area (Å²) in [6, 6.07) is 7.45. The lowest BCUT2D eigenvalue weighted by molar-refractivity contribution is 0.0975. The van der Waals surface area contributed by atoms with E-state index >= 15 is 0 Å². The average Bonchev–Trinajstić information content (AvgIpc) is 2.98. The first-order chi connectivity index (χ1) is 21.8. The number of hydrogen-bond acceptors (Lipinski definition) is 12. The van der Waals surface area contributed by atoms with Crippen LogP contribution in [0.2, 0.25) is 5.02 Å². The first-order valence-corrected chi connectivity index (χ1v) is 17.6. The molecular weight excluding hydrogens is 704 g/mol. The summed E-state index contributed by atoms with van der Waals surface area (Å²) in [6.07, 6.45) is 2.72. The van der Waals surface area contributed by atoms with Gasteiger partial charge in [-0.15, -0.1) is 0 Å². The predicted octanol–water partition coefficient (Wildman–Crippen LogP) is 2.67. The molecule has 0 fully saturated rings. The number of benzene rings is 3. The zero-order valence-electron chi connectivity index (χ0n) is 22.7. The third kappa shape index (κ3) is 4.27. The van der Waals surface area contributed by atoms with Gasteiger partial charge in [-0.05, 0) is 24.3 Å². The van der Waals surface area contributed by atoms with Gasteiger partial charge in [0.15, 0.2) is 23.1 Å². The first kappa shape index (κ1) is 30.9. The SMILES string of the molecule is O=C1C2=C(C(=O)c3ccccc31)C1Nc3ccc4c(c3N=C1C=C2)C(=O)c1c(c(Cl)c(S(=O)(=O)O)c(S(=O)(=O)O)c1S(=O)(=O)O)C4=O. The average molecular weight is 717 g/mol. The maximum absolute atomic E-state index is 14.1. The van der Waals surface area contributed by atoms with E-state index in [4.69, 9.17) is 11.6 Å². The van der Waals surface area contributed by atoms with Gasteiger partial charge in [0.2, 0.25) is 0 Å². The Balaban J connectivity index is 1.48. The molecule has 0 spiro atoms. The molecule has 15 nitrogen and oxygen atoms in total. The van der Waals surface area contributed by atoms with E-state index in [-0.39, 0.29) is 39.4 Å². The van der Waals surface area contributed by atoms with Gasteiger partial charge >= 0.3 is 0 Å². The van der Waals surface area contributed by atoms with E-state index in [9.17, 15) is 58.1 Å². The Bertz CT molecular complexity index is 2600. The normalized spacial score (nSPS) is 18.4. The van der Waals surface area contributed by atoms with Crippen LogP contribution >= 0.6 is 11.6 Å². The lowest BCUT2D eigenvalue weighted by Crippen LogP contribution is -2.41. The van der Waals surface area contributed by atoms with Crippen LogP contribution in [-0.2, 0) is 30.4 Å². The molecule has 238 valence electrons. The number of fused-ring (bicyclic) bond motifs is 7. The Morgan fingerprint density at radius 2 is 1.23 bits per heavy atom. The smallest absolute Gasteiger partial charge is 0.297 e. The van der Waals surface area contributed by atoms with Crippen LogP contribution in [0.15, 0.2) is 79.4 Å². The molecule has 7 rings (SSSR count). The molecule has 3 aromatic carbocycles. The lowest BCUT2D eigenvalue weighted by Gasteiger charge is -2.34. The zero-order valence-corrected chi connectivity index (χ0v) is 25.9. The van der Waals surface area contributed by atoms with Crippen LogP contribution in [-0.4, -0.2) is 73.8 Å². The van der Waals surface area contributed by atoms with E-state index in [1.807, 2.05) is 0 Å². The number of nitrogens with zero attached hydrogens (tertiary/aromatic N) is 1. The van der Waals surface area contributed by atoms with E-state index in [0.29, 0.717) is 0 Å². The van der Waals surface area contributed by atoms with Gasteiger partial charge in [-0.2, -0.15) is 25.3 Å². The summed E-state index contributed by atoms with van der Waals surface area (Å²) in [4.78, 5) is 52.9. The molecule has 1 atom stereocenters. The highest BCUT2D eigenvalue weighted by Gasteiger charge is 2.48. The summed E-state index contributed by atoms with van der Waals surface area (Å²) in [5, 5.41) is 1.57. The van der Waals surface area contributed by atoms with Crippen LogP contribution < -0.4 is 5.32 Å². The zero-order chi connectivity index (χ0) is 34.1. The molecule has 47 heavy (non-hydrogen) atoms. The van der Waals surface area contributed by atoms with E-state index in [1.54, 1.807) is 12.1 Å². The summed E-state index contributed by atoms with van der Waals surface area (Å²) < 4.78 is 104. The Morgan fingerprint density at radius 3 is 1.83 bits per heavy atom. The highest BCUT2D eigenvalue weighted by atomic mass is 35.5. The molecule has 0 aromatic heterocycles. The number of aliphatic imine (C=N–C) groups is 1. The van der Waals surface area contributed by atoms with Crippen LogP contribution in [0.4, 0.5) is 11.4 Å². The van der Waals surface area contributed by atoms with E-state index < -0.39 is 101 Å². The van der Waals surface area contributed by atoms with Crippen molar-refractivity contribution >= 4 is 82.2 Å². The quantitative estimate of drug-likeness (QED) is 0.222. The largest absolute Gasteiger partial charge is 0.371 e. The minimum Gasteiger partial charge on any atom is -0.371 e. The van der Waals surface area contributed by atoms with Crippen molar-refractivity contribution in [2.45, 2.75) is 20.7 Å². The third-order valence-electron chi connectivity index (χ3n) is 7.93. The van der Waals surface area contributed by atoms with Crippen LogP contribution in [0, 0.1) is 0 Å². The van der Waals surface area contributed by atoms with Crippen molar-refractivity contribution in [3.05, 3.63) is 98.1 Å². The van der Waals surface area contributed by atoms with Gasteiger partial charge < -0.3 is 5.32 Å². The number of nitrogens with one attached hydrogen (secondary N) is 1. The second-order valence-corrected chi connectivity index (χ2v) is 15.0. The van der Waals surface area contributed by atoms with Crippen molar-refractivity contribution in [1.29, 1.82) is 0 Å². The van der Waals surface area contributed by atoms with Crippen molar-refractivity contribution in [2.75, 3.05) is 5.32 Å². The highest BCUT2D eigenvalue weighted by Crippen LogP contribution is 2.48. The fourth-order valence-corrected chi connectivity index (χ4v) is 10.2. The maximum atomic E-state index is 14.1. The predicted molar refractivity (Wildman–Crippen MR) is 160 cm³/mol. The van der Waals surface area contributed by atoms with Gasteiger partial charge in [0.05, 0.1) is 44.8 Å². The lowest BCUT2D eigenvalue weighted by atomic mass is 9.76. The second-order valence-electron chi connectivity index (χ2n) is 10.5. The number of rotatable bonds is 3. The Hall–Kier alpha value is -4.69. The Kier molecular flexibility index (Phi) is 6.37. The van der Waals surface area contributed by atoms with Crippen LogP contribution in [0.3, 0.4) is 0 Å². The number of Topliss-reactive ketones (excluding diaryl/α,β-unsaturated/α-hetero) is 2. The van der Waals surface area contributed by atoms with Crippen molar-refractivity contribution in [1.82, 2.24) is 0 Å². The molecule has 0 saturated carbocycles. The molecule has 1 heterocycles. The van der Waals surface area contributed by atoms with Crippen LogP contribution in [0.5, 0.6) is 0 Å². The summed E-state index contributed by atoms with van der Waals surface area (Å²) in [5.41, 5.74) is -3.56. The van der Waals surface area contributed by atoms with Gasteiger partial charge in [0, 0.05) is 27.8 Å². The molecule has 0 saturated heterocycles. The number of carbonyl (C=O) groups is 4. The highest BCUT2D eigenvalue weighted by molar-refractivity contribution is 7.90. The number of ketones is 4.